The molecule has 9 atom stereocenters. The number of amides is 1. The summed E-state index contributed by atoms with van der Waals surface area (Å²) in [4.78, 5) is 63.5. The zero-order chi connectivity index (χ0) is 49.2. The van der Waals surface area contributed by atoms with Gasteiger partial charge in [0.1, 0.15) is 40.3 Å². The van der Waals surface area contributed by atoms with E-state index < -0.39 is 82.7 Å². The third kappa shape index (κ3) is 9.85. The molecule has 68 heavy (non-hydrogen) atoms. The van der Waals surface area contributed by atoms with Crippen LogP contribution in [0.5, 0.6) is 17.2 Å². The second-order valence-corrected chi connectivity index (χ2v) is 18.3. The van der Waals surface area contributed by atoms with Crippen LogP contribution in [0.1, 0.15) is 77.2 Å². The summed E-state index contributed by atoms with van der Waals surface area (Å²) in [5, 5.41) is 37.3. The summed E-state index contributed by atoms with van der Waals surface area (Å²) in [5.41, 5.74) is -0.622. The molecule has 366 valence electrons. The average Bonchev–Trinajstić information content (AvgIpc) is 3.59. The van der Waals surface area contributed by atoms with Gasteiger partial charge in [-0.25, -0.2) is 4.98 Å². The van der Waals surface area contributed by atoms with E-state index in [0.29, 0.717) is 25.6 Å². The fourth-order valence-corrected chi connectivity index (χ4v) is 9.36. The Morgan fingerprint density at radius 2 is 1.72 bits per heavy atom. The van der Waals surface area contributed by atoms with Gasteiger partial charge in [0.05, 0.1) is 55.3 Å². The van der Waals surface area contributed by atoms with Gasteiger partial charge in [-0.1, -0.05) is 52.0 Å². The highest BCUT2D eigenvalue weighted by molar-refractivity contribution is 6.22. The van der Waals surface area contributed by atoms with E-state index in [1.807, 2.05) is 0 Å². The van der Waals surface area contributed by atoms with Crippen molar-refractivity contribution < 1.29 is 62.5 Å². The Morgan fingerprint density at radius 1 is 0.985 bits per heavy atom. The van der Waals surface area contributed by atoms with Gasteiger partial charge in [0.2, 0.25) is 5.43 Å². The first-order valence-corrected chi connectivity index (χ1v) is 23.2. The molecule has 4 heterocycles. The molecule has 1 fully saturated rings. The molecule has 2 aromatic carbocycles. The summed E-state index contributed by atoms with van der Waals surface area (Å²) in [5.74, 6) is -6.93. The smallest absolute Gasteiger partial charge is 0.312 e. The van der Waals surface area contributed by atoms with Crippen LogP contribution in [0.25, 0.3) is 33.3 Å². The van der Waals surface area contributed by atoms with E-state index in [1.54, 1.807) is 58.0 Å². The van der Waals surface area contributed by atoms with Crippen molar-refractivity contribution in [3.63, 3.8) is 0 Å². The van der Waals surface area contributed by atoms with Crippen molar-refractivity contribution in [2.45, 2.75) is 98.4 Å². The van der Waals surface area contributed by atoms with Crippen molar-refractivity contribution in [1.29, 1.82) is 0 Å². The van der Waals surface area contributed by atoms with Crippen molar-refractivity contribution in [3.8, 4) is 28.7 Å². The molecule has 4 aliphatic heterocycles. The first-order chi connectivity index (χ1) is 32.4. The number of anilines is 1. The number of unbranched alkanes of at least 4 members (excludes halogenated alkanes) is 1. The van der Waals surface area contributed by atoms with Gasteiger partial charge in [-0.2, -0.15) is 0 Å². The lowest BCUT2D eigenvalue weighted by atomic mass is 9.78. The van der Waals surface area contributed by atoms with Gasteiger partial charge in [-0.05, 0) is 51.4 Å². The summed E-state index contributed by atoms with van der Waals surface area (Å²) in [6, 6.07) is 5.09. The van der Waals surface area contributed by atoms with Crippen molar-refractivity contribution in [3.05, 3.63) is 75.7 Å². The molecule has 2 aromatic rings. The van der Waals surface area contributed by atoms with Gasteiger partial charge in [-0.15, -0.1) is 0 Å². The normalized spacial score (nSPS) is 29.3. The van der Waals surface area contributed by atoms with Crippen LogP contribution >= 0.6 is 0 Å². The summed E-state index contributed by atoms with van der Waals surface area (Å²) >= 11 is 0. The van der Waals surface area contributed by atoms with E-state index in [9.17, 15) is 34.5 Å². The van der Waals surface area contributed by atoms with Crippen LogP contribution in [0.15, 0.2) is 63.6 Å². The van der Waals surface area contributed by atoms with Crippen LogP contribution < -0.4 is 20.2 Å². The summed E-state index contributed by atoms with van der Waals surface area (Å²) in [7, 11) is 1.45. The number of nitrogens with zero attached hydrogens (tertiary/aromatic N) is 2. The molecule has 4 bridgehead atoms. The number of phenolic OH excluding ortho intramolecular Hbond substituents is 1. The van der Waals surface area contributed by atoms with Gasteiger partial charge >= 0.3 is 11.8 Å². The number of hydrogen-bond donors (Lipinski definition) is 4. The number of morpholine rings is 1. The number of aromatic hydroxyl groups is 1. The lowest BCUT2D eigenvalue weighted by Crippen LogP contribution is -2.46. The number of allylic oxidation sites excluding steroid dienone is 2. The first kappa shape index (κ1) is 50.0. The molecule has 4 N–H and O–H groups in total. The maximum absolute atomic E-state index is 14.9. The fraction of sp³-hybridized carbons (Fsp3) is 0.510. The predicted molar refractivity (Wildman–Crippen MR) is 253 cm³/mol. The maximum atomic E-state index is 14.9. The number of hydrogen-bond acceptors (Lipinski definition) is 16. The number of phenols is 1. The second kappa shape index (κ2) is 20.8. The third-order valence-electron chi connectivity index (χ3n) is 13.6. The Bertz CT molecular complexity index is 2670. The van der Waals surface area contributed by atoms with Crippen LogP contribution in [-0.2, 0) is 28.5 Å². The van der Waals surface area contributed by atoms with E-state index in [1.165, 1.54) is 53.2 Å². The van der Waals surface area contributed by atoms with E-state index in [2.05, 4.69) is 10.2 Å². The Balaban J connectivity index is 1.38. The highest BCUT2D eigenvalue weighted by Gasteiger charge is 2.50. The van der Waals surface area contributed by atoms with Crippen molar-refractivity contribution in [1.82, 2.24) is 9.88 Å². The third-order valence-corrected chi connectivity index (χ3v) is 13.6. The van der Waals surface area contributed by atoms with Gasteiger partial charge in [-0.3, -0.25) is 24.1 Å². The number of aromatic nitrogens is 1. The second-order valence-electron chi connectivity index (χ2n) is 18.3. The number of aliphatic hydroxyl groups excluding tert-OH is 2. The Labute approximate surface area is 395 Å². The number of para-hydroxylation sites is 1. The molecule has 0 saturated carbocycles. The van der Waals surface area contributed by atoms with Crippen LogP contribution in [-0.4, -0.2) is 120 Å². The number of aliphatic hydroxyl groups is 2. The Hall–Kier alpha value is -5.85. The van der Waals surface area contributed by atoms with Gasteiger partial charge in [0.25, 0.3) is 11.7 Å². The zero-order valence-corrected chi connectivity index (χ0v) is 40.1. The quantitative estimate of drug-likeness (QED) is 0.0645. The number of ether oxygens (including phenoxy) is 6. The zero-order valence-electron chi connectivity index (χ0n) is 40.1. The number of esters is 1. The maximum Gasteiger partial charge on any atom is 0.312 e. The fourth-order valence-electron chi connectivity index (χ4n) is 9.36. The molecule has 7 rings (SSSR count). The molecule has 17 nitrogen and oxygen atoms in total. The first-order valence-electron chi connectivity index (χ1n) is 23.2. The highest BCUT2D eigenvalue weighted by atomic mass is 16.7. The number of carbonyl (C=O) groups is 3. The molecular formula is C51H63N3O14. The largest absolute Gasteiger partial charge is 0.507 e. The van der Waals surface area contributed by atoms with Gasteiger partial charge < -0.3 is 53.5 Å². The monoisotopic (exact) mass is 941 g/mol. The molecule has 0 radical (unpaired) electrons. The topological polar surface area (TPSA) is 226 Å². The van der Waals surface area contributed by atoms with E-state index in [0.717, 1.165) is 32.5 Å². The molecular weight excluding hydrogens is 879 g/mol. The van der Waals surface area contributed by atoms with E-state index >= 15 is 0 Å². The Morgan fingerprint density at radius 3 is 2.43 bits per heavy atom. The lowest BCUT2D eigenvalue weighted by Gasteiger charge is -2.38. The number of rotatable bonds is 8. The Kier molecular flexibility index (Phi) is 15.3. The standard InChI is InChI=1S/C51H63N3O14/c1-26-14-12-15-27(2)50(61)53-41-45(59)37-36(40-48(41)67-35-17-13-16-34(39(35)52-40)64-22-11-10-19-54-20-24-63-25-21-54)38-47(31(6)44(37)58)68-51(8,49(38)60)65-23-18-33(62-9)28(3)46(66-32(7)55)30(5)43(57)29(4)42(26)56/h12-18,23,26,28-30,33,42-43,46,56-58H,10-11,19-22,24-25H2,1-9H3,(H,53,61)/b14-12+,23-18+,27-15-/t26-,28+,29+,30+,33-,42-,43+,46+,51-/m0/s1. The van der Waals surface area contributed by atoms with Crippen LogP contribution in [0.4, 0.5) is 5.69 Å². The number of methoxy groups -OCH3 is 1. The van der Waals surface area contributed by atoms with Gasteiger partial charge in [0.15, 0.2) is 11.3 Å². The van der Waals surface area contributed by atoms with Gasteiger partial charge in [0, 0.05) is 74.2 Å². The predicted octanol–water partition coefficient (Wildman–Crippen LogP) is 6.44. The van der Waals surface area contributed by atoms with E-state index in [-0.39, 0.29) is 61.5 Å². The molecule has 0 spiro atoms. The minimum Gasteiger partial charge on any atom is -0.507 e. The average molecular weight is 942 g/mol. The molecule has 0 aromatic heterocycles. The minimum atomic E-state index is -2.05. The van der Waals surface area contributed by atoms with Crippen LogP contribution in [0.3, 0.4) is 0 Å². The van der Waals surface area contributed by atoms with Crippen molar-refractivity contribution in [2.75, 3.05) is 51.9 Å². The van der Waals surface area contributed by atoms with E-state index in [4.69, 9.17) is 37.8 Å². The summed E-state index contributed by atoms with van der Waals surface area (Å²) in [6.07, 6.45) is 5.23. The van der Waals surface area contributed by atoms with Crippen LogP contribution in [0, 0.1) is 30.6 Å². The van der Waals surface area contributed by atoms with Crippen LogP contribution in [0.2, 0.25) is 0 Å². The molecule has 17 heteroatoms. The molecule has 1 saturated heterocycles. The number of ketones is 1. The number of fused-ring (bicyclic) bond motifs is 2. The number of Topliss-reactive ketones (excluding diaryl/α,β-unsaturated/α-hetero) is 1. The summed E-state index contributed by atoms with van der Waals surface area (Å²) in [6.45, 7) is 17.1. The molecule has 0 unspecified atom stereocenters. The molecule has 5 aliphatic rings. The number of nitrogens with one attached hydrogen (secondary N) is 1. The number of carbonyl (C=O) groups excluding carboxylic acids is 3. The van der Waals surface area contributed by atoms with Crippen molar-refractivity contribution in [2.24, 2.45) is 23.7 Å². The summed E-state index contributed by atoms with van der Waals surface area (Å²) < 4.78 is 42.2. The SMILES string of the molecule is CO[C@H]1/C=C/O[C@@]2(C)Oc3c(C)c(O)c4c(=O)c(c5oc6cccc(OCCCCN7CCOCC7)c6nc-5c4c3C2=O)NC(=O)/C(C)=C\C=C\[C@H](C)[C@H](O)[C@@H](C)[C@@H](O)[C@@H](C)[C@H](OC(C)=O)[C@@H]1C. The lowest BCUT2D eigenvalue weighted by molar-refractivity contribution is -0.160. The molecule has 1 aliphatic carbocycles. The molecule has 1 amide bonds. The highest BCUT2D eigenvalue weighted by Crippen LogP contribution is 2.51. The number of benzene rings is 3. The van der Waals surface area contributed by atoms with Crippen molar-refractivity contribution >= 4 is 45.2 Å². The minimum absolute atomic E-state index is 0.0388.